The second-order valence-corrected chi connectivity index (χ2v) is 7.20. The highest BCUT2D eigenvalue weighted by Crippen LogP contribution is 2.37. The number of aryl methyl sites for hydroxylation is 2. The Kier molecular flexibility index (Phi) is 4.76. The van der Waals surface area contributed by atoms with E-state index in [0.717, 1.165) is 24.0 Å². The zero-order valence-electron chi connectivity index (χ0n) is 15.4. The predicted octanol–water partition coefficient (Wildman–Crippen LogP) is 5.23. The molecule has 2 aliphatic carbocycles. The number of aliphatic carboxylic acids is 1. The normalized spacial score (nSPS) is 16.5. The van der Waals surface area contributed by atoms with Gasteiger partial charge in [0.2, 0.25) is 0 Å². The summed E-state index contributed by atoms with van der Waals surface area (Å²) >= 11 is 0. The van der Waals surface area contributed by atoms with E-state index in [1.807, 2.05) is 6.08 Å². The van der Waals surface area contributed by atoms with Crippen LogP contribution in [0.25, 0.3) is 17.2 Å². The van der Waals surface area contributed by atoms with Crippen molar-refractivity contribution in [1.82, 2.24) is 0 Å². The van der Waals surface area contributed by atoms with Crippen molar-refractivity contribution in [2.45, 2.75) is 46.5 Å². The smallest absolute Gasteiger partial charge is 0.354 e. The van der Waals surface area contributed by atoms with Crippen molar-refractivity contribution in [3.8, 4) is 11.1 Å². The van der Waals surface area contributed by atoms with E-state index in [-0.39, 0.29) is 5.71 Å². The number of aliphatic imine (C=N–C) groups is 1. The molecule has 25 heavy (non-hydrogen) atoms. The number of carboxylic acids is 1. The van der Waals surface area contributed by atoms with Crippen molar-refractivity contribution in [1.29, 1.82) is 0 Å². The largest absolute Gasteiger partial charge is 0.477 e. The van der Waals surface area contributed by atoms with E-state index in [0.29, 0.717) is 12.5 Å². The molecule has 0 saturated heterocycles. The lowest BCUT2D eigenvalue weighted by molar-refractivity contribution is -0.129. The fourth-order valence-electron chi connectivity index (χ4n) is 3.57. The van der Waals surface area contributed by atoms with Gasteiger partial charge in [-0.2, -0.15) is 0 Å². The molecule has 0 saturated carbocycles. The first-order valence-corrected chi connectivity index (χ1v) is 8.91. The van der Waals surface area contributed by atoms with E-state index < -0.39 is 5.97 Å². The highest BCUT2D eigenvalue weighted by molar-refractivity contribution is 6.43. The molecule has 1 heterocycles. The number of rotatable bonds is 3. The maximum Gasteiger partial charge on any atom is 0.354 e. The fraction of sp³-hybridized carbons (Fsp3) is 0.364. The second-order valence-electron chi connectivity index (χ2n) is 7.20. The summed E-state index contributed by atoms with van der Waals surface area (Å²) < 4.78 is 0. The van der Waals surface area contributed by atoms with Crippen LogP contribution < -0.4 is 0 Å². The van der Waals surface area contributed by atoms with Crippen LogP contribution >= 0.6 is 0 Å². The monoisotopic (exact) mass is 335 g/mol. The molecular formula is C22H25NO2. The van der Waals surface area contributed by atoms with Crippen molar-refractivity contribution >= 4 is 17.8 Å². The molecular weight excluding hydrogens is 310 g/mol. The van der Waals surface area contributed by atoms with E-state index in [2.05, 4.69) is 57.0 Å². The summed E-state index contributed by atoms with van der Waals surface area (Å²) in [5.41, 5.74) is 8.38. The zero-order chi connectivity index (χ0) is 18.1. The zero-order valence-corrected chi connectivity index (χ0v) is 15.4. The van der Waals surface area contributed by atoms with Gasteiger partial charge in [-0.1, -0.05) is 38.1 Å². The van der Waals surface area contributed by atoms with Gasteiger partial charge in [-0.3, -0.25) is 4.99 Å². The molecule has 0 radical (unpaired) electrons. The molecule has 3 heteroatoms. The molecule has 0 aromatic heterocycles. The summed E-state index contributed by atoms with van der Waals surface area (Å²) in [6.07, 6.45) is 3.71. The Morgan fingerprint density at radius 3 is 2.64 bits per heavy atom. The molecule has 1 aliphatic heterocycles. The molecule has 3 nitrogen and oxygen atoms in total. The number of carboxylic acid groups (broad SMARTS) is 1. The first kappa shape index (κ1) is 17.4. The third-order valence-corrected chi connectivity index (χ3v) is 4.96. The molecule has 130 valence electrons. The van der Waals surface area contributed by atoms with Crippen LogP contribution in [0.2, 0.25) is 0 Å². The number of fused-ring (bicyclic) bond motifs is 1. The first-order valence-electron chi connectivity index (χ1n) is 8.91. The van der Waals surface area contributed by atoms with E-state index in [1.54, 1.807) is 0 Å². The summed E-state index contributed by atoms with van der Waals surface area (Å²) in [4.78, 5) is 15.7. The maximum absolute atomic E-state index is 11.5. The van der Waals surface area contributed by atoms with Crippen LogP contribution in [0, 0.1) is 13.8 Å². The van der Waals surface area contributed by atoms with Gasteiger partial charge in [-0.05, 0) is 77.6 Å². The van der Waals surface area contributed by atoms with Crippen LogP contribution in [-0.4, -0.2) is 23.3 Å². The van der Waals surface area contributed by atoms with Crippen LogP contribution in [-0.2, 0) is 4.79 Å². The number of carbonyl (C=O) groups is 1. The van der Waals surface area contributed by atoms with E-state index in [1.165, 1.54) is 27.8 Å². The topological polar surface area (TPSA) is 49.7 Å². The summed E-state index contributed by atoms with van der Waals surface area (Å²) in [6.45, 7) is 9.26. The van der Waals surface area contributed by atoms with Gasteiger partial charge in [0.1, 0.15) is 5.71 Å². The van der Waals surface area contributed by atoms with Crippen molar-refractivity contribution < 1.29 is 9.90 Å². The molecule has 0 aromatic carbocycles. The van der Waals surface area contributed by atoms with Crippen LogP contribution in [0.1, 0.15) is 54.9 Å². The first-order chi connectivity index (χ1) is 11.9. The third kappa shape index (κ3) is 3.37. The van der Waals surface area contributed by atoms with Gasteiger partial charge in [-0.15, -0.1) is 0 Å². The lowest BCUT2D eigenvalue weighted by Crippen LogP contribution is -2.19. The van der Waals surface area contributed by atoms with Crippen molar-refractivity contribution in [2.75, 3.05) is 6.54 Å². The maximum atomic E-state index is 11.5. The van der Waals surface area contributed by atoms with Crippen LogP contribution in [0.3, 0.4) is 0 Å². The Hall–Kier alpha value is -2.42. The molecule has 1 N–H and O–H groups in total. The molecule has 0 bridgehead atoms. The second kappa shape index (κ2) is 6.83. The quantitative estimate of drug-likeness (QED) is 0.834. The van der Waals surface area contributed by atoms with Gasteiger partial charge < -0.3 is 5.11 Å². The fourth-order valence-corrected chi connectivity index (χ4v) is 3.57. The van der Waals surface area contributed by atoms with Crippen molar-refractivity contribution in [2.24, 2.45) is 4.99 Å². The summed E-state index contributed by atoms with van der Waals surface area (Å²) in [5.74, 6) is -0.460. The molecule has 3 aliphatic rings. The van der Waals surface area contributed by atoms with Gasteiger partial charge in [0.25, 0.3) is 0 Å². The summed E-state index contributed by atoms with van der Waals surface area (Å²) in [6, 6.07) is 8.81. The standard InChI is InChI=1S/C22H25NO2/c1-13(2)16-8-7-14(3)20-18(10-15(4)19(20)12-16)11-17-6-5-9-23-21(17)22(24)25/h7-8,10-13H,5-6,9H2,1-4H3,(H,24,25). The van der Waals surface area contributed by atoms with Gasteiger partial charge in [0.15, 0.2) is 0 Å². The summed E-state index contributed by atoms with van der Waals surface area (Å²) in [7, 11) is 0. The lowest BCUT2D eigenvalue weighted by atomic mass is 9.96. The predicted molar refractivity (Wildman–Crippen MR) is 104 cm³/mol. The Balaban J connectivity index is 2.17. The van der Waals surface area contributed by atoms with Gasteiger partial charge in [-0.25, -0.2) is 4.79 Å². The average Bonchev–Trinajstić information content (AvgIpc) is 2.74. The van der Waals surface area contributed by atoms with Crippen molar-refractivity contribution in [3.05, 3.63) is 52.1 Å². The van der Waals surface area contributed by atoms with Crippen molar-refractivity contribution in [3.63, 3.8) is 0 Å². The Bertz CT molecular complexity index is 859. The van der Waals surface area contributed by atoms with E-state index >= 15 is 0 Å². The van der Waals surface area contributed by atoms with Gasteiger partial charge in [0.05, 0.1) is 0 Å². The molecule has 0 aromatic rings. The number of nitrogens with zero attached hydrogens (tertiary/aromatic N) is 1. The number of hydrogen-bond donors (Lipinski definition) is 1. The minimum absolute atomic E-state index is 0.221. The lowest BCUT2D eigenvalue weighted by Gasteiger charge is -2.13. The third-order valence-electron chi connectivity index (χ3n) is 4.96. The highest BCUT2D eigenvalue weighted by Gasteiger charge is 2.21. The minimum Gasteiger partial charge on any atom is -0.477 e. The molecule has 0 unspecified atom stereocenters. The molecule has 0 amide bonds. The van der Waals surface area contributed by atoms with Gasteiger partial charge in [0, 0.05) is 6.54 Å². The molecule has 0 atom stereocenters. The van der Waals surface area contributed by atoms with Crippen LogP contribution in [0.4, 0.5) is 0 Å². The average molecular weight is 335 g/mol. The Labute approximate surface area is 149 Å². The van der Waals surface area contributed by atoms with E-state index in [9.17, 15) is 9.90 Å². The highest BCUT2D eigenvalue weighted by atomic mass is 16.4. The molecule has 0 spiro atoms. The number of hydrogen-bond acceptors (Lipinski definition) is 2. The van der Waals surface area contributed by atoms with Gasteiger partial charge >= 0.3 is 5.97 Å². The SMILES string of the molecule is Cc1cc(C=C2CCCN=C2C(=O)O)c2c(C)ccc(C(C)C)cc1-2. The van der Waals surface area contributed by atoms with Crippen LogP contribution in [0.15, 0.2) is 34.8 Å². The Morgan fingerprint density at radius 2 is 1.96 bits per heavy atom. The molecule has 3 rings (SSSR count). The Morgan fingerprint density at radius 1 is 1.20 bits per heavy atom. The summed E-state index contributed by atoms with van der Waals surface area (Å²) in [5, 5.41) is 9.43. The molecule has 0 fully saturated rings. The minimum atomic E-state index is -0.928. The van der Waals surface area contributed by atoms with Crippen LogP contribution in [0.5, 0.6) is 0 Å². The van der Waals surface area contributed by atoms with E-state index in [4.69, 9.17) is 0 Å².